The molecule has 2 heterocycles. The smallest absolute Gasteiger partial charge is 0.258 e. The molecule has 1 aliphatic heterocycles. The molecule has 0 fully saturated rings. The fraction of sp³-hybridized carbons (Fsp3) is 0.200. The second-order valence-corrected chi connectivity index (χ2v) is 4.57. The highest BCUT2D eigenvalue weighted by molar-refractivity contribution is 6.06. The third kappa shape index (κ3) is 2.30. The first kappa shape index (κ1) is 12.5. The first-order valence-corrected chi connectivity index (χ1v) is 6.48. The average Bonchev–Trinajstić information content (AvgIpc) is 2.69. The Kier molecular flexibility index (Phi) is 3.25. The van der Waals surface area contributed by atoms with Gasteiger partial charge in [0, 0.05) is 24.4 Å². The Hall–Kier alpha value is -2.56. The van der Waals surface area contributed by atoms with Crippen molar-refractivity contribution >= 4 is 11.6 Å². The van der Waals surface area contributed by atoms with Crippen LogP contribution in [0.5, 0.6) is 5.75 Å². The molecular formula is C15H14N2O3. The maximum atomic E-state index is 12.6. The number of ether oxygens (including phenoxy) is 1. The van der Waals surface area contributed by atoms with Gasteiger partial charge in [-0.3, -0.25) is 9.59 Å². The van der Waals surface area contributed by atoms with E-state index in [1.54, 1.807) is 11.0 Å². The third-order valence-corrected chi connectivity index (χ3v) is 3.21. The third-order valence-electron chi connectivity index (χ3n) is 3.21. The summed E-state index contributed by atoms with van der Waals surface area (Å²) in [4.78, 5) is 28.1. The molecule has 0 atom stereocenters. The van der Waals surface area contributed by atoms with E-state index in [1.807, 2.05) is 24.3 Å². The van der Waals surface area contributed by atoms with E-state index in [2.05, 4.69) is 4.98 Å². The van der Waals surface area contributed by atoms with Gasteiger partial charge in [-0.15, -0.1) is 0 Å². The monoisotopic (exact) mass is 270 g/mol. The van der Waals surface area contributed by atoms with Crippen LogP contribution in [0.4, 0.5) is 5.69 Å². The summed E-state index contributed by atoms with van der Waals surface area (Å²) < 4.78 is 5.63. The highest BCUT2D eigenvalue weighted by Gasteiger charge is 2.23. The summed E-state index contributed by atoms with van der Waals surface area (Å²) in [6.45, 7) is 1.15. The van der Waals surface area contributed by atoms with Crippen molar-refractivity contribution < 1.29 is 9.53 Å². The van der Waals surface area contributed by atoms with Crippen LogP contribution in [0.1, 0.15) is 16.8 Å². The van der Waals surface area contributed by atoms with Gasteiger partial charge in [-0.2, -0.15) is 0 Å². The molecule has 2 aromatic rings. The van der Waals surface area contributed by atoms with Crippen molar-refractivity contribution in [3.8, 4) is 5.75 Å². The van der Waals surface area contributed by atoms with Crippen LogP contribution < -0.4 is 15.2 Å². The lowest BCUT2D eigenvalue weighted by Crippen LogP contribution is -2.32. The molecule has 1 N–H and O–H groups in total. The minimum absolute atomic E-state index is 0.186. The van der Waals surface area contributed by atoms with Crippen molar-refractivity contribution in [2.24, 2.45) is 0 Å². The molecule has 0 bridgehead atoms. The van der Waals surface area contributed by atoms with Gasteiger partial charge in [-0.25, -0.2) is 0 Å². The Balaban J connectivity index is 2.01. The van der Waals surface area contributed by atoms with Gasteiger partial charge in [0.2, 0.25) is 5.56 Å². The topological polar surface area (TPSA) is 62.4 Å². The minimum Gasteiger partial charge on any atom is -0.491 e. The SMILES string of the molecule is O=C(c1cc[nH]c(=O)c1)N1CCCOc2ccccc21. The van der Waals surface area contributed by atoms with Crippen LogP contribution in [0.25, 0.3) is 0 Å². The van der Waals surface area contributed by atoms with Crippen LogP contribution in [0, 0.1) is 0 Å². The maximum absolute atomic E-state index is 12.6. The number of fused-ring (bicyclic) bond motifs is 1. The van der Waals surface area contributed by atoms with Crippen molar-refractivity contribution in [2.75, 3.05) is 18.1 Å². The molecule has 0 unspecified atom stereocenters. The fourth-order valence-corrected chi connectivity index (χ4v) is 2.27. The minimum atomic E-state index is -0.282. The molecular weight excluding hydrogens is 256 g/mol. The highest BCUT2D eigenvalue weighted by Crippen LogP contribution is 2.31. The number of carbonyl (C=O) groups is 1. The second kappa shape index (κ2) is 5.21. The molecule has 1 aliphatic rings. The van der Waals surface area contributed by atoms with Crippen LogP contribution in [-0.4, -0.2) is 24.0 Å². The van der Waals surface area contributed by atoms with E-state index in [1.165, 1.54) is 12.3 Å². The molecule has 0 spiro atoms. The van der Waals surface area contributed by atoms with Crippen molar-refractivity contribution in [2.45, 2.75) is 6.42 Å². The quantitative estimate of drug-likeness (QED) is 0.859. The van der Waals surface area contributed by atoms with Crippen LogP contribution in [0.2, 0.25) is 0 Å². The molecule has 0 saturated carbocycles. The number of aromatic amines is 1. The lowest BCUT2D eigenvalue weighted by atomic mass is 10.2. The van der Waals surface area contributed by atoms with E-state index in [9.17, 15) is 9.59 Å². The van der Waals surface area contributed by atoms with Gasteiger partial charge >= 0.3 is 0 Å². The van der Waals surface area contributed by atoms with E-state index in [0.29, 0.717) is 24.5 Å². The molecule has 102 valence electrons. The van der Waals surface area contributed by atoms with Crippen LogP contribution >= 0.6 is 0 Å². The summed E-state index contributed by atoms with van der Waals surface area (Å²) in [6, 6.07) is 10.4. The van der Waals surface area contributed by atoms with Crippen molar-refractivity contribution in [3.63, 3.8) is 0 Å². The van der Waals surface area contributed by atoms with Crippen LogP contribution in [0.15, 0.2) is 47.4 Å². The number of amides is 1. The van der Waals surface area contributed by atoms with E-state index >= 15 is 0 Å². The number of benzene rings is 1. The van der Waals surface area contributed by atoms with E-state index in [0.717, 1.165) is 12.1 Å². The number of nitrogens with one attached hydrogen (secondary N) is 1. The molecule has 20 heavy (non-hydrogen) atoms. The summed E-state index contributed by atoms with van der Waals surface area (Å²) in [5.41, 5.74) is 0.843. The molecule has 0 aliphatic carbocycles. The average molecular weight is 270 g/mol. The first-order chi connectivity index (χ1) is 9.75. The molecule has 3 rings (SSSR count). The molecule has 1 amide bonds. The highest BCUT2D eigenvalue weighted by atomic mass is 16.5. The number of pyridine rings is 1. The lowest BCUT2D eigenvalue weighted by Gasteiger charge is -2.21. The Labute approximate surface area is 115 Å². The summed E-state index contributed by atoms with van der Waals surface area (Å²) in [5, 5.41) is 0. The lowest BCUT2D eigenvalue weighted by molar-refractivity contribution is 0.0987. The molecule has 1 aromatic heterocycles. The van der Waals surface area contributed by atoms with Gasteiger partial charge in [-0.05, 0) is 24.6 Å². The zero-order chi connectivity index (χ0) is 13.9. The van der Waals surface area contributed by atoms with Gasteiger partial charge in [0.1, 0.15) is 5.75 Å². The molecule has 1 aromatic carbocycles. The normalized spacial score (nSPS) is 14.1. The number of nitrogens with zero attached hydrogens (tertiary/aromatic N) is 1. The maximum Gasteiger partial charge on any atom is 0.258 e. The van der Waals surface area contributed by atoms with Crippen molar-refractivity contribution in [3.05, 3.63) is 58.5 Å². The Bertz CT molecular complexity index is 693. The molecule has 5 nitrogen and oxygen atoms in total. The summed E-state index contributed by atoms with van der Waals surface area (Å²) in [5.74, 6) is 0.511. The van der Waals surface area contributed by atoms with Crippen molar-refractivity contribution in [1.82, 2.24) is 4.98 Å². The number of anilines is 1. The molecule has 0 saturated heterocycles. The summed E-state index contributed by atoms with van der Waals surface area (Å²) in [7, 11) is 0. The Morgan fingerprint density at radius 3 is 2.95 bits per heavy atom. The van der Waals surface area contributed by atoms with Crippen molar-refractivity contribution in [1.29, 1.82) is 0 Å². The van der Waals surface area contributed by atoms with Gasteiger partial charge in [0.25, 0.3) is 5.91 Å². The largest absolute Gasteiger partial charge is 0.491 e. The van der Waals surface area contributed by atoms with Gasteiger partial charge in [0.15, 0.2) is 0 Å². The van der Waals surface area contributed by atoms with Crippen LogP contribution in [-0.2, 0) is 0 Å². The van der Waals surface area contributed by atoms with Gasteiger partial charge in [-0.1, -0.05) is 12.1 Å². The van der Waals surface area contributed by atoms with E-state index < -0.39 is 0 Å². The first-order valence-electron chi connectivity index (χ1n) is 6.48. The van der Waals surface area contributed by atoms with Gasteiger partial charge in [0.05, 0.1) is 12.3 Å². The number of aromatic nitrogens is 1. The van der Waals surface area contributed by atoms with Gasteiger partial charge < -0.3 is 14.6 Å². The predicted molar refractivity (Wildman–Crippen MR) is 75.3 cm³/mol. The number of hydrogen-bond donors (Lipinski definition) is 1. The van der Waals surface area contributed by atoms with E-state index in [4.69, 9.17) is 4.74 Å². The fourth-order valence-electron chi connectivity index (χ4n) is 2.27. The Morgan fingerprint density at radius 1 is 1.25 bits per heavy atom. The second-order valence-electron chi connectivity index (χ2n) is 4.57. The number of hydrogen-bond acceptors (Lipinski definition) is 3. The van der Waals surface area contributed by atoms with Crippen LogP contribution in [0.3, 0.4) is 0 Å². The number of rotatable bonds is 1. The zero-order valence-electron chi connectivity index (χ0n) is 10.8. The number of para-hydroxylation sites is 2. The Morgan fingerprint density at radius 2 is 2.10 bits per heavy atom. The standard InChI is InChI=1S/C15H14N2O3/c18-14-10-11(6-7-16-14)15(19)17-8-3-9-20-13-5-2-1-4-12(13)17/h1-2,4-7,10H,3,8-9H2,(H,16,18). The summed E-state index contributed by atoms with van der Waals surface area (Å²) in [6.07, 6.45) is 2.24. The predicted octanol–water partition coefficient (Wildman–Crippen LogP) is 1.80. The van der Waals surface area contributed by atoms with E-state index in [-0.39, 0.29) is 11.5 Å². The summed E-state index contributed by atoms with van der Waals surface area (Å²) >= 11 is 0. The molecule has 0 radical (unpaired) electrons. The zero-order valence-corrected chi connectivity index (χ0v) is 10.8. The molecule has 5 heteroatoms. The number of H-pyrrole nitrogens is 1. The number of carbonyl (C=O) groups excluding carboxylic acids is 1.